The molecule has 1 aromatic rings. The van der Waals surface area contributed by atoms with Gasteiger partial charge < -0.3 is 9.15 Å². The van der Waals surface area contributed by atoms with Gasteiger partial charge in [0.25, 0.3) is 0 Å². The first-order valence-corrected chi connectivity index (χ1v) is 3.64. The zero-order valence-electron chi connectivity index (χ0n) is 7.09. The molecule has 0 amide bonds. The minimum atomic E-state index is -4.71. The van der Waals surface area contributed by atoms with Crippen molar-refractivity contribution in [3.63, 3.8) is 0 Å². The quantitative estimate of drug-likeness (QED) is 0.697. The summed E-state index contributed by atoms with van der Waals surface area (Å²) in [6, 6.07) is 0. The molecule has 14 heavy (non-hydrogen) atoms. The van der Waals surface area contributed by atoms with Crippen molar-refractivity contribution >= 4 is 5.97 Å². The van der Waals surface area contributed by atoms with Gasteiger partial charge in [-0.25, -0.2) is 9.78 Å². The van der Waals surface area contributed by atoms with Gasteiger partial charge in [0.15, 0.2) is 12.1 Å². The lowest BCUT2D eigenvalue weighted by Gasteiger charge is -2.03. The monoisotopic (exact) mass is 209 g/mol. The van der Waals surface area contributed by atoms with E-state index in [1.165, 1.54) is 6.92 Å². The Bertz CT molecular complexity index is 331. The van der Waals surface area contributed by atoms with Crippen LogP contribution in [0.4, 0.5) is 13.2 Å². The summed E-state index contributed by atoms with van der Waals surface area (Å²) in [6.07, 6.45) is -4.16. The smallest absolute Gasteiger partial charge is 0.437 e. The highest BCUT2D eigenvalue weighted by Crippen LogP contribution is 2.30. The average molecular weight is 209 g/mol. The fourth-order valence-corrected chi connectivity index (χ4v) is 0.790. The highest BCUT2D eigenvalue weighted by Gasteiger charge is 2.40. The molecule has 0 spiro atoms. The molecule has 1 rings (SSSR count). The molecule has 0 aliphatic heterocycles. The molecule has 78 valence electrons. The van der Waals surface area contributed by atoms with E-state index in [-0.39, 0.29) is 6.61 Å². The maximum absolute atomic E-state index is 12.2. The van der Waals surface area contributed by atoms with Crippen LogP contribution in [0.5, 0.6) is 0 Å². The molecule has 7 heteroatoms. The third kappa shape index (κ3) is 2.04. The number of carbonyl (C=O) groups is 1. The number of aromatic nitrogens is 1. The molecular weight excluding hydrogens is 203 g/mol. The van der Waals surface area contributed by atoms with Crippen LogP contribution in [-0.4, -0.2) is 17.6 Å². The van der Waals surface area contributed by atoms with Gasteiger partial charge in [0.2, 0.25) is 5.76 Å². The van der Waals surface area contributed by atoms with Crippen molar-refractivity contribution < 1.29 is 27.1 Å². The molecule has 4 nitrogen and oxygen atoms in total. The van der Waals surface area contributed by atoms with E-state index in [4.69, 9.17) is 0 Å². The number of ether oxygens (including phenoxy) is 1. The summed E-state index contributed by atoms with van der Waals surface area (Å²) in [7, 11) is 0. The van der Waals surface area contributed by atoms with Crippen LogP contribution in [0.25, 0.3) is 0 Å². The van der Waals surface area contributed by atoms with E-state index in [1.54, 1.807) is 0 Å². The fraction of sp³-hybridized carbons (Fsp3) is 0.429. The number of hydrogen-bond acceptors (Lipinski definition) is 4. The molecule has 1 heterocycles. The number of alkyl halides is 3. The van der Waals surface area contributed by atoms with Crippen molar-refractivity contribution in [1.82, 2.24) is 4.98 Å². The summed E-state index contributed by atoms with van der Waals surface area (Å²) < 4.78 is 45.1. The molecule has 0 atom stereocenters. The van der Waals surface area contributed by atoms with E-state index in [2.05, 4.69) is 14.1 Å². The van der Waals surface area contributed by atoms with Crippen LogP contribution < -0.4 is 0 Å². The normalized spacial score (nSPS) is 11.4. The van der Waals surface area contributed by atoms with Crippen LogP contribution in [-0.2, 0) is 10.9 Å². The molecule has 0 unspecified atom stereocenters. The van der Waals surface area contributed by atoms with Crippen molar-refractivity contribution in [2.45, 2.75) is 13.1 Å². The molecule has 1 aromatic heterocycles. The highest BCUT2D eigenvalue weighted by molar-refractivity contribution is 5.87. The minimum Gasteiger partial charge on any atom is -0.460 e. The van der Waals surface area contributed by atoms with Gasteiger partial charge in [-0.05, 0) is 6.92 Å². The molecule has 0 radical (unpaired) electrons. The zero-order valence-corrected chi connectivity index (χ0v) is 7.09. The maximum Gasteiger partial charge on any atom is 0.437 e. The van der Waals surface area contributed by atoms with Crippen LogP contribution in [0.3, 0.4) is 0 Å². The Labute approximate surface area is 76.7 Å². The number of hydrogen-bond donors (Lipinski definition) is 0. The summed E-state index contributed by atoms with van der Waals surface area (Å²) >= 11 is 0. The van der Waals surface area contributed by atoms with E-state index < -0.39 is 23.6 Å². The van der Waals surface area contributed by atoms with Gasteiger partial charge in [0, 0.05) is 0 Å². The Balaban J connectivity index is 2.99. The third-order valence-electron chi connectivity index (χ3n) is 1.30. The molecule has 0 N–H and O–H groups in total. The van der Waals surface area contributed by atoms with Gasteiger partial charge in [0.1, 0.15) is 0 Å². The molecule has 0 fully saturated rings. The number of halogens is 3. The molecule has 0 saturated carbocycles. The molecule has 0 bridgehead atoms. The number of carbonyl (C=O) groups excluding carboxylic acids is 1. The van der Waals surface area contributed by atoms with Crippen molar-refractivity contribution in [2.75, 3.05) is 6.61 Å². The van der Waals surface area contributed by atoms with E-state index in [9.17, 15) is 18.0 Å². The van der Waals surface area contributed by atoms with Crippen LogP contribution in [0.1, 0.15) is 23.2 Å². The SMILES string of the molecule is CCOC(=O)c1ocnc1C(F)(F)F. The second kappa shape index (κ2) is 3.69. The predicted molar refractivity (Wildman–Crippen MR) is 37.5 cm³/mol. The first kappa shape index (κ1) is 10.6. The largest absolute Gasteiger partial charge is 0.460 e. The van der Waals surface area contributed by atoms with Gasteiger partial charge >= 0.3 is 12.1 Å². The lowest BCUT2D eigenvalue weighted by atomic mass is 10.3. The standard InChI is InChI=1S/C7H6F3NO3/c1-2-13-6(12)4-5(7(8,9)10)11-3-14-4/h3H,2H2,1H3. The number of esters is 1. The van der Waals surface area contributed by atoms with Crippen molar-refractivity contribution in [2.24, 2.45) is 0 Å². The minimum absolute atomic E-state index is 0.0309. The second-order valence-corrected chi connectivity index (χ2v) is 2.25. The van der Waals surface area contributed by atoms with Gasteiger partial charge in [-0.1, -0.05) is 0 Å². The number of nitrogens with zero attached hydrogens (tertiary/aromatic N) is 1. The third-order valence-corrected chi connectivity index (χ3v) is 1.30. The topological polar surface area (TPSA) is 52.3 Å². The summed E-state index contributed by atoms with van der Waals surface area (Å²) in [6.45, 7) is 1.44. The van der Waals surface area contributed by atoms with Crippen molar-refractivity contribution in [3.05, 3.63) is 17.8 Å². The summed E-state index contributed by atoms with van der Waals surface area (Å²) in [4.78, 5) is 13.8. The first-order chi connectivity index (χ1) is 6.46. The summed E-state index contributed by atoms with van der Waals surface area (Å²) in [5.74, 6) is -2.09. The maximum atomic E-state index is 12.2. The summed E-state index contributed by atoms with van der Waals surface area (Å²) in [5.41, 5.74) is -1.36. The average Bonchev–Trinajstić information content (AvgIpc) is 2.50. The fourth-order valence-electron chi connectivity index (χ4n) is 0.790. The first-order valence-electron chi connectivity index (χ1n) is 3.64. The van der Waals surface area contributed by atoms with Gasteiger partial charge in [-0.2, -0.15) is 13.2 Å². The van der Waals surface area contributed by atoms with Crippen molar-refractivity contribution in [3.8, 4) is 0 Å². The highest BCUT2D eigenvalue weighted by atomic mass is 19.4. The lowest BCUT2D eigenvalue weighted by Crippen LogP contribution is -2.14. The molecule has 0 aromatic carbocycles. The Morgan fingerprint density at radius 3 is 2.79 bits per heavy atom. The number of rotatable bonds is 2. The van der Waals surface area contributed by atoms with Gasteiger partial charge in [-0.3, -0.25) is 0 Å². The van der Waals surface area contributed by atoms with E-state index in [0.29, 0.717) is 6.39 Å². The van der Waals surface area contributed by atoms with Crippen LogP contribution >= 0.6 is 0 Å². The predicted octanol–water partition coefficient (Wildman–Crippen LogP) is 1.87. The Morgan fingerprint density at radius 1 is 1.64 bits per heavy atom. The lowest BCUT2D eigenvalue weighted by molar-refractivity contribution is -0.141. The molecule has 0 aliphatic carbocycles. The van der Waals surface area contributed by atoms with Gasteiger partial charge in [-0.15, -0.1) is 0 Å². The second-order valence-electron chi connectivity index (χ2n) is 2.25. The summed E-state index contributed by atoms with van der Waals surface area (Å²) in [5, 5.41) is 0. The van der Waals surface area contributed by atoms with Crippen molar-refractivity contribution in [1.29, 1.82) is 0 Å². The Kier molecular flexibility index (Phi) is 2.78. The van der Waals surface area contributed by atoms with E-state index in [0.717, 1.165) is 0 Å². The van der Waals surface area contributed by atoms with Crippen LogP contribution in [0.15, 0.2) is 10.8 Å². The van der Waals surface area contributed by atoms with Crippen LogP contribution in [0.2, 0.25) is 0 Å². The Hall–Kier alpha value is -1.53. The van der Waals surface area contributed by atoms with Gasteiger partial charge in [0.05, 0.1) is 6.61 Å². The molecule has 0 saturated heterocycles. The zero-order chi connectivity index (χ0) is 10.8. The molecular formula is C7H6F3NO3. The Morgan fingerprint density at radius 2 is 2.29 bits per heavy atom. The molecule has 0 aliphatic rings. The van der Waals surface area contributed by atoms with E-state index in [1.807, 2.05) is 0 Å². The number of oxazole rings is 1. The van der Waals surface area contributed by atoms with Crippen LogP contribution in [0, 0.1) is 0 Å². The van der Waals surface area contributed by atoms with E-state index >= 15 is 0 Å².